The van der Waals surface area contributed by atoms with E-state index in [0.717, 1.165) is 73.6 Å². The highest BCUT2D eigenvalue weighted by atomic mass is 16.6. The molecule has 10 heteroatoms. The highest BCUT2D eigenvalue weighted by molar-refractivity contribution is 5.94. The predicted octanol–water partition coefficient (Wildman–Crippen LogP) is 7.92. The van der Waals surface area contributed by atoms with Crippen LogP contribution in [-0.2, 0) is 9.53 Å². The molecule has 48 heavy (non-hydrogen) atoms. The first kappa shape index (κ1) is 33.9. The summed E-state index contributed by atoms with van der Waals surface area (Å²) in [5.74, 6) is 3.65. The Kier molecular flexibility index (Phi) is 10.7. The van der Waals surface area contributed by atoms with Crippen molar-refractivity contribution < 1.29 is 23.5 Å². The first-order chi connectivity index (χ1) is 23.2. The minimum Gasteiger partial charge on any atom is -0.495 e. The first-order valence-electron chi connectivity index (χ1n) is 17.9. The van der Waals surface area contributed by atoms with E-state index < -0.39 is 0 Å². The molecule has 3 aromatic heterocycles. The van der Waals surface area contributed by atoms with Gasteiger partial charge < -0.3 is 18.8 Å². The summed E-state index contributed by atoms with van der Waals surface area (Å²) in [4.78, 5) is 45.0. The van der Waals surface area contributed by atoms with E-state index in [4.69, 9.17) is 28.8 Å². The Morgan fingerprint density at radius 1 is 1.00 bits per heavy atom. The van der Waals surface area contributed by atoms with E-state index in [1.807, 2.05) is 30.0 Å². The van der Waals surface area contributed by atoms with E-state index in [0.29, 0.717) is 61.7 Å². The Balaban J connectivity index is 1.14. The summed E-state index contributed by atoms with van der Waals surface area (Å²) >= 11 is 0. The van der Waals surface area contributed by atoms with Gasteiger partial charge in [-0.05, 0) is 101 Å². The Morgan fingerprint density at radius 2 is 1.75 bits per heavy atom. The number of likely N-dealkylation sites (tertiary alicyclic amines) is 1. The van der Waals surface area contributed by atoms with Crippen LogP contribution in [0.15, 0.2) is 41.1 Å². The lowest BCUT2D eigenvalue weighted by atomic mass is 9.79. The molecule has 0 radical (unpaired) electrons. The van der Waals surface area contributed by atoms with Crippen LogP contribution in [-0.4, -0.2) is 64.7 Å². The second-order valence-electron chi connectivity index (χ2n) is 14.4. The standard InChI is InChI=1S/C38H51N5O5/c1-6-26-20-42(21-26)38(45)48-31-13-11-29(12-14-31)37(44)43(35-19-30(17-18-39-35)33-23-47-36(41-33)24(2)3)22-27-7-9-28(10-8-27)32-15-16-34(46-5)25(4)40-32/h15-19,23-24,26-29,31H,6-14,20-22H2,1-5H3/t27-,28-,29-,31-. The summed E-state index contributed by atoms with van der Waals surface area (Å²) in [6, 6.07) is 8.00. The molecular formula is C38H51N5O5. The zero-order valence-electron chi connectivity index (χ0n) is 29.2. The average Bonchev–Trinajstić information content (AvgIpc) is 3.58. The smallest absolute Gasteiger partial charge is 0.410 e. The van der Waals surface area contributed by atoms with Gasteiger partial charge in [0.1, 0.15) is 29.6 Å². The number of carbonyl (C=O) groups is 2. The van der Waals surface area contributed by atoms with E-state index in [9.17, 15) is 9.59 Å². The third-order valence-electron chi connectivity index (χ3n) is 10.7. The lowest BCUT2D eigenvalue weighted by Crippen LogP contribution is -2.50. The van der Waals surface area contributed by atoms with Crippen LogP contribution in [0, 0.1) is 24.7 Å². The fraction of sp³-hybridized carbons (Fsp3) is 0.605. The van der Waals surface area contributed by atoms with Gasteiger partial charge in [-0.2, -0.15) is 0 Å². The molecule has 0 N–H and O–H groups in total. The van der Waals surface area contributed by atoms with Crippen molar-refractivity contribution in [3.8, 4) is 17.0 Å². The van der Waals surface area contributed by atoms with E-state index in [-0.39, 0.29) is 29.9 Å². The fourth-order valence-corrected chi connectivity index (χ4v) is 7.46. The average molecular weight is 658 g/mol. The van der Waals surface area contributed by atoms with Crippen LogP contribution in [0.5, 0.6) is 5.75 Å². The van der Waals surface area contributed by atoms with E-state index in [1.165, 1.54) is 0 Å². The van der Waals surface area contributed by atoms with Crippen molar-refractivity contribution in [1.82, 2.24) is 19.9 Å². The maximum absolute atomic E-state index is 14.4. The summed E-state index contributed by atoms with van der Waals surface area (Å²) in [6.07, 6.45) is 11.1. The zero-order valence-corrected chi connectivity index (χ0v) is 29.2. The van der Waals surface area contributed by atoms with Crippen LogP contribution >= 0.6 is 0 Å². The van der Waals surface area contributed by atoms with Gasteiger partial charge >= 0.3 is 6.09 Å². The lowest BCUT2D eigenvalue weighted by molar-refractivity contribution is -0.124. The van der Waals surface area contributed by atoms with Gasteiger partial charge in [0.15, 0.2) is 5.89 Å². The van der Waals surface area contributed by atoms with Crippen LogP contribution in [0.3, 0.4) is 0 Å². The molecule has 2 amide bonds. The third-order valence-corrected chi connectivity index (χ3v) is 10.7. The number of aromatic nitrogens is 3. The van der Waals surface area contributed by atoms with Gasteiger partial charge in [-0.25, -0.2) is 14.8 Å². The highest BCUT2D eigenvalue weighted by Gasteiger charge is 2.36. The second kappa shape index (κ2) is 15.1. The Bertz CT molecular complexity index is 1550. The molecule has 0 spiro atoms. The number of aryl methyl sites for hydroxylation is 1. The lowest BCUT2D eigenvalue weighted by Gasteiger charge is -2.39. The Hall–Kier alpha value is -3.95. The molecule has 0 bridgehead atoms. The van der Waals surface area contributed by atoms with Crippen molar-refractivity contribution in [1.29, 1.82) is 0 Å². The Morgan fingerprint density at radius 3 is 2.40 bits per heavy atom. The summed E-state index contributed by atoms with van der Waals surface area (Å²) in [5, 5.41) is 0. The third kappa shape index (κ3) is 7.68. The molecule has 258 valence electrons. The largest absolute Gasteiger partial charge is 0.495 e. The second-order valence-corrected chi connectivity index (χ2v) is 14.4. The molecule has 2 aliphatic carbocycles. The molecular weight excluding hydrogens is 606 g/mol. The number of hydrogen-bond acceptors (Lipinski definition) is 8. The van der Waals surface area contributed by atoms with E-state index >= 15 is 0 Å². The number of anilines is 1. The maximum atomic E-state index is 14.4. The minimum atomic E-state index is -0.207. The number of methoxy groups -OCH3 is 1. The van der Waals surface area contributed by atoms with Crippen LogP contribution in [0.25, 0.3) is 11.3 Å². The van der Waals surface area contributed by atoms with E-state index in [1.54, 1.807) is 24.5 Å². The number of hydrogen-bond donors (Lipinski definition) is 0. The van der Waals surface area contributed by atoms with Gasteiger partial charge in [0.05, 0.1) is 12.8 Å². The molecule has 2 saturated carbocycles. The number of carbonyl (C=O) groups excluding carboxylic acids is 2. The molecule has 10 nitrogen and oxygen atoms in total. The van der Waals surface area contributed by atoms with Crippen LogP contribution in [0.1, 0.15) is 108 Å². The van der Waals surface area contributed by atoms with Crippen molar-refractivity contribution in [2.45, 2.75) is 103 Å². The predicted molar refractivity (Wildman–Crippen MR) is 184 cm³/mol. The van der Waals surface area contributed by atoms with Gasteiger partial charge in [-0.3, -0.25) is 14.7 Å². The first-order valence-corrected chi connectivity index (χ1v) is 17.9. The van der Waals surface area contributed by atoms with Crippen molar-refractivity contribution in [3.05, 3.63) is 54.0 Å². The summed E-state index contributed by atoms with van der Waals surface area (Å²) in [5.41, 5.74) is 3.67. The Labute approximate surface area is 284 Å². The number of pyridine rings is 2. The molecule has 4 heterocycles. The normalized spacial score (nSPS) is 23.1. The summed E-state index contributed by atoms with van der Waals surface area (Å²) in [6.45, 7) is 10.4. The molecule has 3 fully saturated rings. The number of nitrogens with zero attached hydrogens (tertiary/aromatic N) is 5. The number of oxazole rings is 1. The van der Waals surface area contributed by atoms with Crippen LogP contribution < -0.4 is 9.64 Å². The quantitative estimate of drug-likeness (QED) is 0.216. The molecule has 0 unspecified atom stereocenters. The maximum Gasteiger partial charge on any atom is 0.410 e. The minimum absolute atomic E-state index is 0.107. The van der Waals surface area contributed by atoms with Gasteiger partial charge in [0.2, 0.25) is 5.91 Å². The summed E-state index contributed by atoms with van der Waals surface area (Å²) < 4.78 is 17.0. The molecule has 3 aliphatic rings. The summed E-state index contributed by atoms with van der Waals surface area (Å²) in [7, 11) is 1.68. The molecule has 6 rings (SSSR count). The number of amides is 2. The van der Waals surface area contributed by atoms with Gasteiger partial charge in [-0.15, -0.1) is 0 Å². The van der Waals surface area contributed by atoms with Crippen molar-refractivity contribution in [2.24, 2.45) is 17.8 Å². The number of ether oxygens (including phenoxy) is 2. The van der Waals surface area contributed by atoms with Crippen molar-refractivity contribution in [2.75, 3.05) is 31.6 Å². The van der Waals surface area contributed by atoms with Crippen LogP contribution in [0.2, 0.25) is 0 Å². The fourth-order valence-electron chi connectivity index (χ4n) is 7.46. The molecule has 0 atom stereocenters. The SMILES string of the molecule is CCC1CN(C(=O)O[C@H]2CC[C@H](C(=O)N(C[C@H]3CC[C@H](c4ccc(OC)c(C)n4)CC3)c3cc(-c4coc(C(C)C)n4)ccn3)CC2)C1. The van der Waals surface area contributed by atoms with Gasteiger partial charge in [-0.1, -0.05) is 20.8 Å². The topological polar surface area (TPSA) is 111 Å². The molecule has 1 aliphatic heterocycles. The highest BCUT2D eigenvalue weighted by Crippen LogP contribution is 2.38. The van der Waals surface area contributed by atoms with Crippen LogP contribution in [0.4, 0.5) is 10.6 Å². The van der Waals surface area contributed by atoms with Crippen molar-refractivity contribution >= 4 is 17.8 Å². The van der Waals surface area contributed by atoms with Crippen molar-refractivity contribution in [3.63, 3.8) is 0 Å². The molecule has 0 aromatic carbocycles. The van der Waals surface area contributed by atoms with Gasteiger partial charge in [0.25, 0.3) is 0 Å². The van der Waals surface area contributed by atoms with Gasteiger partial charge in [0, 0.05) is 54.8 Å². The molecule has 3 aromatic rings. The monoisotopic (exact) mass is 657 g/mol. The van der Waals surface area contributed by atoms with E-state index in [2.05, 4.69) is 26.8 Å². The number of rotatable bonds is 10. The molecule has 1 saturated heterocycles. The zero-order chi connectivity index (χ0) is 33.8.